The van der Waals surface area contributed by atoms with Gasteiger partial charge < -0.3 is 20.1 Å². The normalized spacial score (nSPS) is 20.7. The molecule has 0 aliphatic carbocycles. The Morgan fingerprint density at radius 3 is 2.77 bits per heavy atom. The second-order valence-electron chi connectivity index (χ2n) is 6.80. The van der Waals surface area contributed by atoms with Crippen molar-refractivity contribution in [2.75, 3.05) is 24.8 Å². The van der Waals surface area contributed by atoms with Gasteiger partial charge in [-0.15, -0.1) is 24.0 Å². The fraction of sp³-hybridized carbons (Fsp3) is 0.588. The average Bonchev–Trinajstić information content (AvgIpc) is 3.14. The first-order valence-corrected chi connectivity index (χ1v) is 10.4. The summed E-state index contributed by atoms with van der Waals surface area (Å²) >= 11 is 0. The molecule has 1 aromatic carbocycles. The molecule has 2 N–H and O–H groups in total. The topological polar surface area (TPSA) is 89.0 Å². The van der Waals surface area contributed by atoms with E-state index < -0.39 is 9.84 Å². The minimum Gasteiger partial charge on any atom is -0.454 e. The van der Waals surface area contributed by atoms with Crippen LogP contribution in [0.15, 0.2) is 23.2 Å². The SMILES string of the molecule is CC(C)NC(=NCc1ccc2c(c1)OCO2)NCC1CCS(=O)(=O)C1.I. The third kappa shape index (κ3) is 5.90. The highest BCUT2D eigenvalue weighted by molar-refractivity contribution is 14.0. The minimum atomic E-state index is -2.85. The molecular weight excluding hydrogens is 469 g/mol. The van der Waals surface area contributed by atoms with E-state index in [4.69, 9.17) is 9.47 Å². The summed E-state index contributed by atoms with van der Waals surface area (Å²) in [6.07, 6.45) is 0.715. The second kappa shape index (κ2) is 9.12. The highest BCUT2D eigenvalue weighted by atomic mass is 127. The van der Waals surface area contributed by atoms with E-state index in [-0.39, 0.29) is 48.5 Å². The smallest absolute Gasteiger partial charge is 0.231 e. The molecule has 1 aromatic rings. The molecule has 0 radical (unpaired) electrons. The molecule has 2 heterocycles. The number of hydrogen-bond acceptors (Lipinski definition) is 5. The molecule has 146 valence electrons. The Bertz CT molecular complexity index is 752. The lowest BCUT2D eigenvalue weighted by atomic mass is 10.1. The third-order valence-electron chi connectivity index (χ3n) is 4.17. The molecule has 1 fully saturated rings. The molecule has 7 nitrogen and oxygen atoms in total. The summed E-state index contributed by atoms with van der Waals surface area (Å²) in [6, 6.07) is 6.02. The predicted octanol–water partition coefficient (Wildman–Crippen LogP) is 1.91. The van der Waals surface area contributed by atoms with Gasteiger partial charge in [-0.2, -0.15) is 0 Å². The standard InChI is InChI=1S/C17H25N3O4S.HI/c1-12(2)20-17(19-9-14-5-6-25(21,22)10-14)18-8-13-3-4-15-16(7-13)24-11-23-15;/h3-4,7,12,14H,5-6,8-11H2,1-2H3,(H2,18,19,20);1H. The Balaban J connectivity index is 0.00000243. The van der Waals surface area contributed by atoms with Crippen molar-refractivity contribution in [3.63, 3.8) is 0 Å². The first-order valence-electron chi connectivity index (χ1n) is 8.55. The Morgan fingerprint density at radius 2 is 2.08 bits per heavy atom. The van der Waals surface area contributed by atoms with Crippen molar-refractivity contribution < 1.29 is 17.9 Å². The second-order valence-corrected chi connectivity index (χ2v) is 9.03. The van der Waals surface area contributed by atoms with Crippen molar-refractivity contribution in [3.05, 3.63) is 23.8 Å². The third-order valence-corrected chi connectivity index (χ3v) is 6.00. The average molecular weight is 495 g/mol. The van der Waals surface area contributed by atoms with E-state index in [1.54, 1.807) is 0 Å². The number of benzene rings is 1. The quantitative estimate of drug-likeness (QED) is 0.369. The molecule has 3 rings (SSSR count). The number of hydrogen-bond donors (Lipinski definition) is 2. The molecule has 0 saturated carbocycles. The molecule has 2 aliphatic rings. The highest BCUT2D eigenvalue weighted by Gasteiger charge is 2.27. The lowest BCUT2D eigenvalue weighted by Gasteiger charge is -2.17. The summed E-state index contributed by atoms with van der Waals surface area (Å²) in [4.78, 5) is 4.61. The maximum atomic E-state index is 11.6. The Hall–Kier alpha value is -1.23. The van der Waals surface area contributed by atoms with Gasteiger partial charge in [0.1, 0.15) is 0 Å². The number of fused-ring (bicyclic) bond motifs is 1. The zero-order valence-electron chi connectivity index (χ0n) is 15.0. The Morgan fingerprint density at radius 1 is 1.31 bits per heavy atom. The van der Waals surface area contributed by atoms with Gasteiger partial charge >= 0.3 is 0 Å². The molecule has 1 atom stereocenters. The van der Waals surface area contributed by atoms with E-state index in [2.05, 4.69) is 15.6 Å². The number of ether oxygens (including phenoxy) is 2. The van der Waals surface area contributed by atoms with E-state index in [1.165, 1.54) is 0 Å². The van der Waals surface area contributed by atoms with Crippen LogP contribution < -0.4 is 20.1 Å². The first kappa shape index (κ1) is 21.1. The van der Waals surface area contributed by atoms with Crippen LogP contribution in [0.3, 0.4) is 0 Å². The zero-order valence-corrected chi connectivity index (χ0v) is 18.2. The fourth-order valence-corrected chi connectivity index (χ4v) is 4.77. The van der Waals surface area contributed by atoms with Crippen molar-refractivity contribution in [3.8, 4) is 11.5 Å². The number of guanidine groups is 1. The number of nitrogens with one attached hydrogen (secondary N) is 2. The molecule has 26 heavy (non-hydrogen) atoms. The number of sulfone groups is 1. The maximum absolute atomic E-state index is 11.6. The van der Waals surface area contributed by atoms with Crippen LogP contribution in [-0.4, -0.2) is 45.3 Å². The van der Waals surface area contributed by atoms with Gasteiger partial charge in [-0.05, 0) is 43.9 Å². The highest BCUT2D eigenvalue weighted by Crippen LogP contribution is 2.32. The summed E-state index contributed by atoms with van der Waals surface area (Å²) in [5.74, 6) is 2.90. The van der Waals surface area contributed by atoms with E-state index >= 15 is 0 Å². The van der Waals surface area contributed by atoms with Gasteiger partial charge in [0.25, 0.3) is 0 Å². The van der Waals surface area contributed by atoms with Gasteiger partial charge in [-0.3, -0.25) is 0 Å². The summed E-state index contributed by atoms with van der Waals surface area (Å²) in [5, 5.41) is 6.55. The Kier molecular flexibility index (Phi) is 7.39. The van der Waals surface area contributed by atoms with Crippen LogP contribution in [0.4, 0.5) is 0 Å². The molecule has 0 aromatic heterocycles. The summed E-state index contributed by atoms with van der Waals surface area (Å²) in [7, 11) is -2.85. The molecular formula is C17H26IN3O4S. The van der Waals surface area contributed by atoms with Gasteiger partial charge in [0, 0.05) is 12.6 Å². The van der Waals surface area contributed by atoms with E-state index in [9.17, 15) is 8.42 Å². The maximum Gasteiger partial charge on any atom is 0.231 e. The molecule has 0 spiro atoms. The monoisotopic (exact) mass is 495 g/mol. The van der Waals surface area contributed by atoms with E-state index in [0.717, 1.165) is 17.1 Å². The van der Waals surface area contributed by atoms with E-state index in [1.807, 2.05) is 32.0 Å². The summed E-state index contributed by atoms with van der Waals surface area (Å²) in [5.41, 5.74) is 1.03. The Labute approximate surface area is 171 Å². The summed E-state index contributed by atoms with van der Waals surface area (Å²) < 4.78 is 33.8. The summed E-state index contributed by atoms with van der Waals surface area (Å²) in [6.45, 7) is 5.45. The molecule has 1 unspecified atom stereocenters. The van der Waals surface area contributed by atoms with Crippen molar-refractivity contribution in [1.29, 1.82) is 0 Å². The number of aliphatic imine (C=N–C) groups is 1. The van der Waals surface area contributed by atoms with Crippen LogP contribution in [0.2, 0.25) is 0 Å². The van der Waals surface area contributed by atoms with Crippen molar-refractivity contribution in [2.24, 2.45) is 10.9 Å². The lowest BCUT2D eigenvalue weighted by molar-refractivity contribution is 0.174. The molecule has 2 aliphatic heterocycles. The molecule has 1 saturated heterocycles. The molecule has 0 bridgehead atoms. The largest absolute Gasteiger partial charge is 0.454 e. The van der Waals surface area contributed by atoms with Gasteiger partial charge in [-0.1, -0.05) is 6.07 Å². The minimum absolute atomic E-state index is 0. The number of nitrogens with zero attached hydrogens (tertiary/aromatic N) is 1. The van der Waals surface area contributed by atoms with Crippen LogP contribution in [0.25, 0.3) is 0 Å². The van der Waals surface area contributed by atoms with Gasteiger partial charge in [0.15, 0.2) is 27.3 Å². The lowest BCUT2D eigenvalue weighted by Crippen LogP contribution is -2.43. The van der Waals surface area contributed by atoms with Gasteiger partial charge in [0.05, 0.1) is 18.1 Å². The van der Waals surface area contributed by atoms with Gasteiger partial charge in [-0.25, -0.2) is 13.4 Å². The van der Waals surface area contributed by atoms with Crippen LogP contribution in [0, 0.1) is 5.92 Å². The zero-order chi connectivity index (χ0) is 17.9. The molecule has 9 heteroatoms. The van der Waals surface area contributed by atoms with Crippen LogP contribution >= 0.6 is 24.0 Å². The fourth-order valence-electron chi connectivity index (χ4n) is 2.91. The molecule has 0 amide bonds. The van der Waals surface area contributed by atoms with Crippen LogP contribution in [0.1, 0.15) is 25.8 Å². The van der Waals surface area contributed by atoms with Crippen LogP contribution in [-0.2, 0) is 16.4 Å². The first-order chi connectivity index (χ1) is 11.9. The van der Waals surface area contributed by atoms with Crippen molar-refractivity contribution in [1.82, 2.24) is 10.6 Å². The number of rotatable bonds is 5. The van der Waals surface area contributed by atoms with Gasteiger partial charge in [0.2, 0.25) is 6.79 Å². The van der Waals surface area contributed by atoms with Crippen molar-refractivity contribution >= 4 is 39.8 Å². The van der Waals surface area contributed by atoms with Crippen LogP contribution in [0.5, 0.6) is 11.5 Å². The van der Waals surface area contributed by atoms with E-state index in [0.29, 0.717) is 31.2 Å². The predicted molar refractivity (Wildman–Crippen MR) is 112 cm³/mol. The van der Waals surface area contributed by atoms with Crippen molar-refractivity contribution in [2.45, 2.75) is 32.9 Å². The number of halogens is 1.